The molecular formula is C14H19N3O3. The number of amides is 2. The van der Waals surface area contributed by atoms with E-state index < -0.39 is 0 Å². The van der Waals surface area contributed by atoms with Crippen molar-refractivity contribution in [2.45, 2.75) is 18.9 Å². The summed E-state index contributed by atoms with van der Waals surface area (Å²) in [5.74, 6) is 0.158. The second-order valence-corrected chi connectivity index (χ2v) is 4.69. The van der Waals surface area contributed by atoms with Gasteiger partial charge in [0.15, 0.2) is 6.61 Å². The van der Waals surface area contributed by atoms with Crippen LogP contribution in [0.4, 0.5) is 5.69 Å². The van der Waals surface area contributed by atoms with Gasteiger partial charge in [-0.05, 0) is 25.0 Å². The molecule has 0 bridgehead atoms. The Kier molecular flexibility index (Phi) is 4.45. The third-order valence-electron chi connectivity index (χ3n) is 3.39. The Morgan fingerprint density at radius 1 is 1.45 bits per heavy atom. The first-order valence-electron chi connectivity index (χ1n) is 6.62. The van der Waals surface area contributed by atoms with Crippen LogP contribution in [0.2, 0.25) is 0 Å². The van der Waals surface area contributed by atoms with Gasteiger partial charge in [-0.2, -0.15) is 0 Å². The summed E-state index contributed by atoms with van der Waals surface area (Å²) >= 11 is 0. The summed E-state index contributed by atoms with van der Waals surface area (Å²) in [6, 6.07) is 6.63. The molecule has 1 saturated heterocycles. The summed E-state index contributed by atoms with van der Waals surface area (Å²) in [4.78, 5) is 25.4. The fourth-order valence-corrected chi connectivity index (χ4v) is 2.34. The van der Waals surface area contributed by atoms with Gasteiger partial charge in [0.1, 0.15) is 11.8 Å². The Labute approximate surface area is 117 Å². The van der Waals surface area contributed by atoms with E-state index in [1.54, 1.807) is 36.2 Å². The second-order valence-electron chi connectivity index (χ2n) is 4.69. The number of ether oxygens (including phenoxy) is 1. The summed E-state index contributed by atoms with van der Waals surface area (Å²) < 4.78 is 5.42. The molecule has 0 spiro atoms. The Morgan fingerprint density at radius 2 is 2.20 bits per heavy atom. The summed E-state index contributed by atoms with van der Waals surface area (Å²) in [6.45, 7) is 0.478. The van der Waals surface area contributed by atoms with Crippen LogP contribution in [0.1, 0.15) is 12.8 Å². The average molecular weight is 277 g/mol. The molecule has 1 aliphatic rings. The van der Waals surface area contributed by atoms with Crippen LogP contribution in [0.5, 0.6) is 5.75 Å². The van der Waals surface area contributed by atoms with Gasteiger partial charge in [-0.15, -0.1) is 0 Å². The molecule has 1 aromatic rings. The topological polar surface area (TPSA) is 84.7 Å². The molecule has 0 aromatic heterocycles. The van der Waals surface area contributed by atoms with Crippen molar-refractivity contribution in [3.63, 3.8) is 0 Å². The molecule has 1 heterocycles. The van der Waals surface area contributed by atoms with Gasteiger partial charge < -0.3 is 20.7 Å². The quantitative estimate of drug-likeness (QED) is 0.779. The average Bonchev–Trinajstić information content (AvgIpc) is 2.94. The van der Waals surface area contributed by atoms with E-state index >= 15 is 0 Å². The Hall–Kier alpha value is -2.24. The van der Waals surface area contributed by atoms with Gasteiger partial charge in [-0.1, -0.05) is 12.1 Å². The summed E-state index contributed by atoms with van der Waals surface area (Å²) in [6.07, 6.45) is 1.52. The lowest BCUT2D eigenvalue weighted by Gasteiger charge is -2.23. The van der Waals surface area contributed by atoms with Gasteiger partial charge in [0.05, 0.1) is 5.69 Å². The highest BCUT2D eigenvalue weighted by atomic mass is 16.5. The zero-order valence-corrected chi connectivity index (χ0v) is 11.5. The number of carbonyl (C=O) groups is 2. The number of nitrogen functional groups attached to an aromatic ring is 1. The summed E-state index contributed by atoms with van der Waals surface area (Å²) in [5.41, 5.74) is 6.23. The fraction of sp³-hybridized carbons (Fsp3) is 0.429. The molecule has 1 aliphatic heterocycles. The number of nitrogens with zero attached hydrogens (tertiary/aromatic N) is 1. The molecule has 6 heteroatoms. The molecule has 0 aliphatic carbocycles. The molecule has 0 saturated carbocycles. The van der Waals surface area contributed by atoms with Crippen LogP contribution in [0, 0.1) is 0 Å². The molecule has 1 unspecified atom stereocenters. The first kappa shape index (κ1) is 14.2. The van der Waals surface area contributed by atoms with Gasteiger partial charge in [0, 0.05) is 13.6 Å². The van der Waals surface area contributed by atoms with Gasteiger partial charge in [0.25, 0.3) is 5.91 Å². The monoisotopic (exact) mass is 277 g/mol. The third-order valence-corrected chi connectivity index (χ3v) is 3.39. The number of hydrogen-bond donors (Lipinski definition) is 2. The number of para-hydroxylation sites is 2. The summed E-state index contributed by atoms with van der Waals surface area (Å²) in [5, 5.41) is 2.58. The molecule has 1 fully saturated rings. The summed E-state index contributed by atoms with van der Waals surface area (Å²) in [7, 11) is 1.57. The molecule has 1 atom stereocenters. The molecule has 3 N–H and O–H groups in total. The van der Waals surface area contributed by atoms with Gasteiger partial charge >= 0.3 is 0 Å². The Morgan fingerprint density at radius 3 is 2.90 bits per heavy atom. The number of likely N-dealkylation sites (tertiary alicyclic amines) is 1. The second kappa shape index (κ2) is 6.27. The van der Waals surface area contributed by atoms with E-state index in [0.717, 1.165) is 6.42 Å². The van der Waals surface area contributed by atoms with Gasteiger partial charge in [-0.3, -0.25) is 9.59 Å². The lowest BCUT2D eigenvalue weighted by molar-refractivity contribution is -0.139. The van der Waals surface area contributed by atoms with Crippen LogP contribution in [-0.2, 0) is 9.59 Å². The van der Waals surface area contributed by atoms with Crippen molar-refractivity contribution in [2.75, 3.05) is 25.9 Å². The van der Waals surface area contributed by atoms with E-state index in [1.165, 1.54) is 0 Å². The molecule has 0 radical (unpaired) electrons. The maximum Gasteiger partial charge on any atom is 0.261 e. The first-order chi connectivity index (χ1) is 9.63. The van der Waals surface area contributed by atoms with Gasteiger partial charge in [-0.25, -0.2) is 0 Å². The van der Waals surface area contributed by atoms with E-state index in [2.05, 4.69) is 5.32 Å². The van der Waals surface area contributed by atoms with Crippen molar-refractivity contribution >= 4 is 17.5 Å². The van der Waals surface area contributed by atoms with Crippen molar-refractivity contribution < 1.29 is 14.3 Å². The molecule has 1 aromatic carbocycles. The van der Waals surface area contributed by atoms with Crippen LogP contribution in [-0.4, -0.2) is 43.0 Å². The number of carbonyl (C=O) groups excluding carboxylic acids is 2. The standard InChI is InChI=1S/C14H19N3O3/c1-16-14(19)11-6-4-8-17(11)13(18)9-20-12-7-3-2-5-10(12)15/h2-3,5,7,11H,4,6,8-9,15H2,1H3,(H,16,19). The largest absolute Gasteiger partial charge is 0.482 e. The number of rotatable bonds is 4. The van der Waals surface area contributed by atoms with Crippen LogP contribution in [0.3, 0.4) is 0 Å². The molecular weight excluding hydrogens is 258 g/mol. The van der Waals surface area contributed by atoms with Crippen LogP contribution in [0.25, 0.3) is 0 Å². The number of nitrogens with one attached hydrogen (secondary N) is 1. The number of benzene rings is 1. The third kappa shape index (κ3) is 3.01. The van der Waals surface area contributed by atoms with Crippen molar-refractivity contribution in [3.8, 4) is 5.75 Å². The highest BCUT2D eigenvalue weighted by Crippen LogP contribution is 2.21. The van der Waals surface area contributed by atoms with Crippen molar-refractivity contribution in [1.29, 1.82) is 0 Å². The zero-order valence-electron chi connectivity index (χ0n) is 11.5. The fourth-order valence-electron chi connectivity index (χ4n) is 2.34. The molecule has 20 heavy (non-hydrogen) atoms. The predicted octanol–water partition coefficient (Wildman–Crippen LogP) is 0.385. The van der Waals surface area contributed by atoms with Crippen LogP contribution < -0.4 is 15.8 Å². The van der Waals surface area contributed by atoms with E-state index in [-0.39, 0.29) is 24.5 Å². The highest BCUT2D eigenvalue weighted by Gasteiger charge is 2.33. The Bertz CT molecular complexity index is 504. The number of hydrogen-bond acceptors (Lipinski definition) is 4. The lowest BCUT2D eigenvalue weighted by Crippen LogP contribution is -2.46. The van der Waals surface area contributed by atoms with E-state index in [4.69, 9.17) is 10.5 Å². The first-order valence-corrected chi connectivity index (χ1v) is 6.62. The number of anilines is 1. The lowest BCUT2D eigenvalue weighted by atomic mass is 10.2. The number of nitrogens with two attached hydrogens (primary N) is 1. The minimum atomic E-state index is -0.385. The predicted molar refractivity (Wildman–Crippen MR) is 75.2 cm³/mol. The SMILES string of the molecule is CNC(=O)C1CCCN1C(=O)COc1ccccc1N. The molecule has 2 rings (SSSR count). The maximum atomic E-state index is 12.1. The van der Waals surface area contributed by atoms with Gasteiger partial charge in [0.2, 0.25) is 5.91 Å². The van der Waals surface area contributed by atoms with Crippen molar-refractivity contribution in [3.05, 3.63) is 24.3 Å². The Balaban J connectivity index is 1.95. The minimum Gasteiger partial charge on any atom is -0.482 e. The molecule has 6 nitrogen and oxygen atoms in total. The molecule has 2 amide bonds. The molecule has 108 valence electrons. The van der Waals surface area contributed by atoms with E-state index in [9.17, 15) is 9.59 Å². The van der Waals surface area contributed by atoms with E-state index in [0.29, 0.717) is 24.4 Å². The van der Waals surface area contributed by atoms with Crippen molar-refractivity contribution in [2.24, 2.45) is 0 Å². The minimum absolute atomic E-state index is 0.109. The highest BCUT2D eigenvalue weighted by molar-refractivity contribution is 5.88. The zero-order chi connectivity index (χ0) is 14.5. The van der Waals surface area contributed by atoms with Crippen LogP contribution >= 0.6 is 0 Å². The maximum absolute atomic E-state index is 12.1. The van der Waals surface area contributed by atoms with E-state index in [1.807, 2.05) is 0 Å². The van der Waals surface area contributed by atoms with Crippen molar-refractivity contribution in [1.82, 2.24) is 10.2 Å². The normalized spacial score (nSPS) is 17.9. The van der Waals surface area contributed by atoms with Crippen LogP contribution in [0.15, 0.2) is 24.3 Å². The number of likely N-dealkylation sites (N-methyl/N-ethyl adjacent to an activating group) is 1. The smallest absolute Gasteiger partial charge is 0.261 e.